The Morgan fingerprint density at radius 1 is 1.25 bits per heavy atom. The minimum absolute atomic E-state index is 0.0379. The predicted octanol–water partition coefficient (Wildman–Crippen LogP) is 1.61. The molecule has 154 valence electrons. The number of sulfonamides is 1. The molecule has 2 aromatic heterocycles. The number of carbonyl (C=O) groups is 1. The Labute approximate surface area is 165 Å². The van der Waals surface area contributed by atoms with Gasteiger partial charge in [-0.15, -0.1) is 0 Å². The molecule has 9 heteroatoms. The Morgan fingerprint density at radius 3 is 2.46 bits per heavy atom. The summed E-state index contributed by atoms with van der Waals surface area (Å²) < 4.78 is 34.0. The molecule has 0 aromatic carbocycles. The normalized spacial score (nSPS) is 13.1. The Balaban J connectivity index is 2.39. The molecule has 0 saturated heterocycles. The number of ketones is 1. The molecular formula is C19H27N3O5S. The maximum Gasteiger partial charge on any atom is 0.251 e. The highest BCUT2D eigenvalue weighted by Crippen LogP contribution is 2.21. The van der Waals surface area contributed by atoms with Crippen LogP contribution in [0.3, 0.4) is 0 Å². The van der Waals surface area contributed by atoms with Gasteiger partial charge in [-0.2, -0.15) is 0 Å². The molecule has 1 atom stereocenters. The van der Waals surface area contributed by atoms with Crippen LogP contribution in [0.25, 0.3) is 0 Å². The van der Waals surface area contributed by atoms with E-state index in [2.05, 4.69) is 0 Å². The van der Waals surface area contributed by atoms with Gasteiger partial charge in [0, 0.05) is 50.4 Å². The molecule has 0 saturated carbocycles. The van der Waals surface area contributed by atoms with Gasteiger partial charge in [-0.05, 0) is 32.9 Å². The summed E-state index contributed by atoms with van der Waals surface area (Å²) in [5.74, 6) is -0.259. The highest BCUT2D eigenvalue weighted by atomic mass is 32.2. The van der Waals surface area contributed by atoms with Crippen LogP contribution in [-0.4, -0.2) is 55.5 Å². The summed E-state index contributed by atoms with van der Waals surface area (Å²) in [5.41, 5.74) is 1.78. The maximum atomic E-state index is 12.9. The third-order valence-electron chi connectivity index (χ3n) is 4.68. The fourth-order valence-electron chi connectivity index (χ4n) is 3.29. The lowest BCUT2D eigenvalue weighted by molar-refractivity contribution is 0.0969. The van der Waals surface area contributed by atoms with Crippen LogP contribution >= 0.6 is 0 Å². The molecule has 28 heavy (non-hydrogen) atoms. The quantitative estimate of drug-likeness (QED) is 0.618. The second-order valence-electron chi connectivity index (χ2n) is 7.00. The molecule has 0 aliphatic carbocycles. The van der Waals surface area contributed by atoms with Gasteiger partial charge in [0.2, 0.25) is 10.0 Å². The van der Waals surface area contributed by atoms with Gasteiger partial charge in [0.15, 0.2) is 5.78 Å². The van der Waals surface area contributed by atoms with Gasteiger partial charge >= 0.3 is 0 Å². The van der Waals surface area contributed by atoms with E-state index in [4.69, 9.17) is 4.74 Å². The van der Waals surface area contributed by atoms with Crippen molar-refractivity contribution in [1.29, 1.82) is 0 Å². The number of nitrogens with zero attached hydrogens (tertiary/aromatic N) is 3. The molecule has 0 aliphatic rings. The van der Waals surface area contributed by atoms with Crippen LogP contribution in [0.1, 0.15) is 34.7 Å². The smallest absolute Gasteiger partial charge is 0.251 e. The number of pyridine rings is 1. The third-order valence-corrected chi connectivity index (χ3v) is 6.48. The lowest BCUT2D eigenvalue weighted by Gasteiger charge is -2.17. The van der Waals surface area contributed by atoms with E-state index in [-0.39, 0.29) is 23.3 Å². The predicted molar refractivity (Wildman–Crippen MR) is 106 cm³/mol. The molecule has 2 aromatic rings. The molecule has 0 N–H and O–H groups in total. The van der Waals surface area contributed by atoms with Crippen molar-refractivity contribution >= 4 is 15.8 Å². The van der Waals surface area contributed by atoms with Crippen molar-refractivity contribution in [2.45, 2.75) is 38.3 Å². The lowest BCUT2D eigenvalue weighted by Crippen LogP contribution is -2.27. The lowest BCUT2D eigenvalue weighted by atomic mass is 10.1. The van der Waals surface area contributed by atoms with Gasteiger partial charge in [0.1, 0.15) is 0 Å². The molecule has 0 radical (unpaired) electrons. The molecule has 1 unspecified atom stereocenters. The van der Waals surface area contributed by atoms with Crippen molar-refractivity contribution in [1.82, 2.24) is 13.4 Å². The van der Waals surface area contributed by atoms with E-state index in [0.717, 1.165) is 26.3 Å². The number of Topliss-reactive ketones (excluding diaryl/α,β-unsaturated/α-hetero) is 1. The Bertz CT molecular complexity index is 1030. The van der Waals surface area contributed by atoms with Crippen molar-refractivity contribution in [3.63, 3.8) is 0 Å². The number of rotatable bonds is 8. The number of aryl methyl sites for hydroxylation is 1. The van der Waals surface area contributed by atoms with Gasteiger partial charge in [0.25, 0.3) is 5.56 Å². The van der Waals surface area contributed by atoms with Crippen LogP contribution in [0.2, 0.25) is 0 Å². The Hall–Kier alpha value is -2.23. The third kappa shape index (κ3) is 4.26. The zero-order valence-corrected chi connectivity index (χ0v) is 17.9. The van der Waals surface area contributed by atoms with Crippen molar-refractivity contribution in [3.05, 3.63) is 51.7 Å². The van der Waals surface area contributed by atoms with Crippen LogP contribution in [-0.2, 0) is 21.3 Å². The topological polar surface area (TPSA) is 90.6 Å². The van der Waals surface area contributed by atoms with Crippen LogP contribution in [0.4, 0.5) is 0 Å². The second-order valence-corrected chi connectivity index (χ2v) is 9.15. The van der Waals surface area contributed by atoms with Crippen molar-refractivity contribution in [2.75, 3.05) is 27.8 Å². The van der Waals surface area contributed by atoms with Crippen molar-refractivity contribution in [3.8, 4) is 0 Å². The van der Waals surface area contributed by atoms with E-state index in [1.165, 1.54) is 26.4 Å². The highest BCUT2D eigenvalue weighted by molar-refractivity contribution is 7.89. The van der Waals surface area contributed by atoms with E-state index in [1.54, 1.807) is 13.2 Å². The first-order chi connectivity index (χ1) is 13.0. The minimum atomic E-state index is -3.70. The summed E-state index contributed by atoms with van der Waals surface area (Å²) >= 11 is 0. The molecule has 8 nitrogen and oxygen atoms in total. The van der Waals surface area contributed by atoms with Crippen molar-refractivity contribution < 1.29 is 17.9 Å². The highest BCUT2D eigenvalue weighted by Gasteiger charge is 2.21. The molecule has 0 aliphatic heterocycles. The van der Waals surface area contributed by atoms with E-state index < -0.39 is 15.6 Å². The summed E-state index contributed by atoms with van der Waals surface area (Å²) in [6.45, 7) is 6.03. The Morgan fingerprint density at radius 2 is 1.89 bits per heavy atom. The summed E-state index contributed by atoms with van der Waals surface area (Å²) in [7, 11) is 0.740. The van der Waals surface area contributed by atoms with Crippen LogP contribution in [0, 0.1) is 13.8 Å². The molecule has 2 rings (SSSR count). The first-order valence-electron chi connectivity index (χ1n) is 8.84. The van der Waals surface area contributed by atoms with Gasteiger partial charge < -0.3 is 13.9 Å². The van der Waals surface area contributed by atoms with E-state index in [0.29, 0.717) is 12.2 Å². The summed E-state index contributed by atoms with van der Waals surface area (Å²) in [5, 5.41) is 0. The second kappa shape index (κ2) is 8.42. The number of hydrogen-bond donors (Lipinski definition) is 0. The van der Waals surface area contributed by atoms with Crippen molar-refractivity contribution in [2.24, 2.45) is 0 Å². The summed E-state index contributed by atoms with van der Waals surface area (Å²) in [6.07, 6.45) is 1.21. The van der Waals surface area contributed by atoms with Gasteiger partial charge in [-0.3, -0.25) is 9.59 Å². The maximum absolute atomic E-state index is 12.9. The first-order valence-corrected chi connectivity index (χ1v) is 10.3. The molecule has 0 fully saturated rings. The molecule has 0 amide bonds. The fraction of sp³-hybridized carbons (Fsp3) is 0.474. The Kier molecular flexibility index (Phi) is 6.63. The van der Waals surface area contributed by atoms with Crippen LogP contribution in [0.5, 0.6) is 0 Å². The largest absolute Gasteiger partial charge is 0.383 e. The molecule has 0 spiro atoms. The van der Waals surface area contributed by atoms with Crippen LogP contribution < -0.4 is 5.56 Å². The van der Waals surface area contributed by atoms with E-state index in [1.807, 2.05) is 25.3 Å². The molecular weight excluding hydrogens is 382 g/mol. The number of hydrogen-bond acceptors (Lipinski definition) is 5. The fourth-order valence-corrected chi connectivity index (χ4v) is 4.21. The van der Waals surface area contributed by atoms with Crippen LogP contribution in [0.15, 0.2) is 34.1 Å². The van der Waals surface area contributed by atoms with Gasteiger partial charge in [-0.25, -0.2) is 12.7 Å². The number of ether oxygens (including phenoxy) is 1. The van der Waals surface area contributed by atoms with E-state index >= 15 is 0 Å². The van der Waals surface area contributed by atoms with Gasteiger partial charge in [-0.1, -0.05) is 0 Å². The van der Waals surface area contributed by atoms with E-state index in [9.17, 15) is 18.0 Å². The zero-order valence-electron chi connectivity index (χ0n) is 17.1. The zero-order chi connectivity index (χ0) is 21.2. The average Bonchev–Trinajstić information content (AvgIpc) is 2.91. The van der Waals surface area contributed by atoms with Gasteiger partial charge in [0.05, 0.1) is 24.1 Å². The summed E-state index contributed by atoms with van der Waals surface area (Å²) in [4.78, 5) is 25.0. The standard InChI is InChI=1S/C19H27N3O5S/c1-13-9-17(15(3)22(13)14(2)12-27-6)18(23)11-21-10-16(7-8-19(21)24)28(25,26)20(4)5/h7-10,14H,11-12H2,1-6H3. The minimum Gasteiger partial charge on any atom is -0.383 e. The SMILES string of the molecule is COCC(C)n1c(C)cc(C(=O)Cn2cc(S(=O)(=O)N(C)C)ccc2=O)c1C. The monoisotopic (exact) mass is 409 g/mol. The molecule has 0 bridgehead atoms. The molecule has 2 heterocycles. The number of aromatic nitrogens is 2. The summed E-state index contributed by atoms with van der Waals surface area (Å²) in [6, 6.07) is 4.25. The average molecular weight is 410 g/mol. The number of carbonyl (C=O) groups excluding carboxylic acids is 1. The first kappa shape index (κ1) is 22.1. The number of methoxy groups -OCH3 is 1.